The van der Waals surface area contributed by atoms with Gasteiger partial charge in [-0.3, -0.25) is 14.9 Å². The molecule has 0 radical (unpaired) electrons. The maximum Gasteiger partial charge on any atom is 0.306 e. The van der Waals surface area contributed by atoms with Crippen LogP contribution in [0.3, 0.4) is 0 Å². The zero-order valence-corrected chi connectivity index (χ0v) is 8.68. The van der Waals surface area contributed by atoms with Crippen LogP contribution in [-0.2, 0) is 14.3 Å². The standard InChI is InChI=1S/C9H15NO5/c1-2-15-9(11)5-7-6-14-4-3-8(7)10(12)13/h7-8H,2-6H2,1H3/t7-,8-/m0/s1. The van der Waals surface area contributed by atoms with Gasteiger partial charge in [0.15, 0.2) is 0 Å². The number of hydrogen-bond donors (Lipinski definition) is 0. The Bertz CT molecular complexity index is 243. The summed E-state index contributed by atoms with van der Waals surface area (Å²) in [5, 5.41) is 10.7. The molecule has 0 saturated carbocycles. The van der Waals surface area contributed by atoms with Crippen molar-refractivity contribution in [3.8, 4) is 0 Å². The fraction of sp³-hybridized carbons (Fsp3) is 0.889. The number of ether oxygens (including phenoxy) is 2. The molecule has 1 aliphatic rings. The average molecular weight is 217 g/mol. The Kier molecular flexibility index (Phi) is 4.48. The molecule has 0 amide bonds. The third kappa shape index (κ3) is 3.47. The van der Waals surface area contributed by atoms with E-state index in [0.717, 1.165) is 0 Å². The molecule has 0 aromatic rings. The van der Waals surface area contributed by atoms with Crippen LogP contribution in [0.5, 0.6) is 0 Å². The topological polar surface area (TPSA) is 78.7 Å². The third-order valence-corrected chi connectivity index (χ3v) is 2.44. The van der Waals surface area contributed by atoms with E-state index >= 15 is 0 Å². The van der Waals surface area contributed by atoms with Crippen LogP contribution >= 0.6 is 0 Å². The van der Waals surface area contributed by atoms with Crippen LogP contribution in [0.2, 0.25) is 0 Å². The van der Waals surface area contributed by atoms with Crippen molar-refractivity contribution in [1.29, 1.82) is 0 Å². The van der Waals surface area contributed by atoms with E-state index in [-0.39, 0.29) is 29.8 Å². The molecular weight excluding hydrogens is 202 g/mol. The van der Waals surface area contributed by atoms with Gasteiger partial charge in [0.25, 0.3) is 0 Å². The SMILES string of the molecule is CCOC(=O)C[C@H]1COCC[C@@H]1[N+](=O)[O-]. The van der Waals surface area contributed by atoms with Gasteiger partial charge in [0, 0.05) is 11.3 Å². The summed E-state index contributed by atoms with van der Waals surface area (Å²) in [6.45, 7) is 2.67. The van der Waals surface area contributed by atoms with E-state index in [1.54, 1.807) is 6.92 Å². The molecule has 0 spiro atoms. The molecule has 1 saturated heterocycles. The Labute approximate surface area is 87.7 Å². The number of nitro groups is 1. The third-order valence-electron chi connectivity index (χ3n) is 2.44. The molecule has 0 bridgehead atoms. The second kappa shape index (κ2) is 5.65. The van der Waals surface area contributed by atoms with Gasteiger partial charge in [-0.25, -0.2) is 0 Å². The first-order valence-electron chi connectivity index (χ1n) is 5.02. The summed E-state index contributed by atoms with van der Waals surface area (Å²) in [4.78, 5) is 21.6. The fourth-order valence-corrected chi connectivity index (χ4v) is 1.69. The van der Waals surface area contributed by atoms with E-state index in [4.69, 9.17) is 9.47 Å². The molecule has 0 unspecified atom stereocenters. The highest BCUT2D eigenvalue weighted by molar-refractivity contribution is 5.69. The highest BCUT2D eigenvalue weighted by Crippen LogP contribution is 2.21. The molecule has 0 aromatic carbocycles. The minimum absolute atomic E-state index is 0.0689. The second-order valence-corrected chi connectivity index (χ2v) is 3.49. The Morgan fingerprint density at radius 2 is 2.40 bits per heavy atom. The van der Waals surface area contributed by atoms with E-state index in [2.05, 4.69) is 0 Å². The van der Waals surface area contributed by atoms with Crippen molar-refractivity contribution in [2.75, 3.05) is 19.8 Å². The van der Waals surface area contributed by atoms with Crippen LogP contribution in [0.1, 0.15) is 19.8 Å². The highest BCUT2D eigenvalue weighted by atomic mass is 16.6. The summed E-state index contributed by atoms with van der Waals surface area (Å²) >= 11 is 0. The van der Waals surface area contributed by atoms with Crippen molar-refractivity contribution in [2.45, 2.75) is 25.8 Å². The van der Waals surface area contributed by atoms with Gasteiger partial charge in [-0.2, -0.15) is 0 Å². The number of rotatable bonds is 4. The van der Waals surface area contributed by atoms with Gasteiger partial charge in [-0.1, -0.05) is 0 Å². The van der Waals surface area contributed by atoms with Crippen LogP contribution in [0.25, 0.3) is 0 Å². The highest BCUT2D eigenvalue weighted by Gasteiger charge is 2.36. The Hall–Kier alpha value is -1.17. The Morgan fingerprint density at radius 3 is 3.00 bits per heavy atom. The van der Waals surface area contributed by atoms with E-state index in [1.165, 1.54) is 0 Å². The molecule has 15 heavy (non-hydrogen) atoms. The maximum atomic E-state index is 11.2. The molecule has 0 aliphatic carbocycles. The monoisotopic (exact) mass is 217 g/mol. The first kappa shape index (κ1) is 11.9. The van der Waals surface area contributed by atoms with Gasteiger partial charge in [0.1, 0.15) is 0 Å². The molecular formula is C9H15NO5. The molecule has 86 valence electrons. The van der Waals surface area contributed by atoms with Gasteiger partial charge < -0.3 is 9.47 Å². The zero-order chi connectivity index (χ0) is 11.3. The van der Waals surface area contributed by atoms with Gasteiger partial charge in [0.05, 0.1) is 32.2 Å². The minimum Gasteiger partial charge on any atom is -0.466 e. The first-order valence-corrected chi connectivity index (χ1v) is 5.02. The van der Waals surface area contributed by atoms with Crippen LogP contribution < -0.4 is 0 Å². The number of carbonyl (C=O) groups excluding carboxylic acids is 1. The number of hydrogen-bond acceptors (Lipinski definition) is 5. The molecule has 2 atom stereocenters. The Morgan fingerprint density at radius 1 is 1.67 bits per heavy atom. The van der Waals surface area contributed by atoms with Crippen molar-refractivity contribution in [3.63, 3.8) is 0 Å². The number of esters is 1. The van der Waals surface area contributed by atoms with E-state index < -0.39 is 6.04 Å². The molecule has 0 aromatic heterocycles. The lowest BCUT2D eigenvalue weighted by Gasteiger charge is -2.24. The Balaban J connectivity index is 2.49. The van der Waals surface area contributed by atoms with Crippen molar-refractivity contribution in [2.24, 2.45) is 5.92 Å². The lowest BCUT2D eigenvalue weighted by molar-refractivity contribution is -0.538. The largest absolute Gasteiger partial charge is 0.466 e. The predicted molar refractivity (Wildman–Crippen MR) is 51.0 cm³/mol. The van der Waals surface area contributed by atoms with Gasteiger partial charge in [-0.05, 0) is 6.92 Å². The lowest BCUT2D eigenvalue weighted by Crippen LogP contribution is -2.39. The van der Waals surface area contributed by atoms with E-state index in [1.807, 2.05) is 0 Å². The van der Waals surface area contributed by atoms with Crippen molar-refractivity contribution in [1.82, 2.24) is 0 Å². The maximum absolute atomic E-state index is 11.2. The zero-order valence-electron chi connectivity index (χ0n) is 8.68. The summed E-state index contributed by atoms with van der Waals surface area (Å²) in [6.07, 6.45) is 0.441. The predicted octanol–water partition coefficient (Wildman–Crippen LogP) is 0.621. The minimum atomic E-state index is -0.678. The molecule has 1 heterocycles. The molecule has 1 rings (SSSR count). The lowest BCUT2D eigenvalue weighted by atomic mass is 9.93. The summed E-state index contributed by atoms with van der Waals surface area (Å²) in [6, 6.07) is -0.678. The van der Waals surface area contributed by atoms with Crippen LogP contribution in [0.4, 0.5) is 0 Å². The summed E-state index contributed by atoms with van der Waals surface area (Å²) in [7, 11) is 0. The van der Waals surface area contributed by atoms with Crippen LogP contribution in [0.15, 0.2) is 0 Å². The van der Waals surface area contributed by atoms with Crippen molar-refractivity contribution < 1.29 is 19.2 Å². The number of nitrogens with zero attached hydrogens (tertiary/aromatic N) is 1. The van der Waals surface area contributed by atoms with E-state index in [0.29, 0.717) is 19.6 Å². The van der Waals surface area contributed by atoms with E-state index in [9.17, 15) is 14.9 Å². The normalized spacial score (nSPS) is 25.9. The van der Waals surface area contributed by atoms with Crippen molar-refractivity contribution >= 4 is 5.97 Å². The van der Waals surface area contributed by atoms with Gasteiger partial charge in [0.2, 0.25) is 6.04 Å². The van der Waals surface area contributed by atoms with Crippen LogP contribution in [-0.4, -0.2) is 36.8 Å². The summed E-state index contributed by atoms with van der Waals surface area (Å²) < 4.78 is 9.88. The molecule has 6 nitrogen and oxygen atoms in total. The van der Waals surface area contributed by atoms with Crippen LogP contribution in [0, 0.1) is 16.0 Å². The van der Waals surface area contributed by atoms with Gasteiger partial charge >= 0.3 is 5.97 Å². The van der Waals surface area contributed by atoms with Crippen molar-refractivity contribution in [3.05, 3.63) is 10.1 Å². The summed E-state index contributed by atoms with van der Waals surface area (Å²) in [5.74, 6) is -0.743. The van der Waals surface area contributed by atoms with Gasteiger partial charge in [-0.15, -0.1) is 0 Å². The quantitative estimate of drug-likeness (QED) is 0.392. The molecule has 6 heteroatoms. The number of carbonyl (C=O) groups is 1. The fourth-order valence-electron chi connectivity index (χ4n) is 1.69. The second-order valence-electron chi connectivity index (χ2n) is 3.49. The first-order chi connectivity index (χ1) is 7.15. The molecule has 1 fully saturated rings. The summed E-state index contributed by atoms with van der Waals surface area (Å²) in [5.41, 5.74) is 0. The molecule has 1 aliphatic heterocycles. The average Bonchev–Trinajstić information content (AvgIpc) is 2.18. The molecule has 0 N–H and O–H groups in total. The smallest absolute Gasteiger partial charge is 0.306 e.